The predicted molar refractivity (Wildman–Crippen MR) is 463 cm³/mol. The van der Waals surface area contributed by atoms with Gasteiger partial charge in [0.25, 0.3) is 32.5 Å². The second-order valence-corrected chi connectivity index (χ2v) is 28.9. The second-order valence-electron chi connectivity index (χ2n) is 28.9. The zero-order chi connectivity index (χ0) is 115. The lowest BCUT2D eigenvalue weighted by Crippen LogP contribution is -2.53. The topological polar surface area (TPSA) is 347 Å². The lowest BCUT2D eigenvalue weighted by molar-refractivity contribution is -0.131. The van der Waals surface area contributed by atoms with Crippen LogP contribution in [-0.4, -0.2) is 292 Å². The van der Waals surface area contributed by atoms with Crippen LogP contribution in [0.25, 0.3) is 79.4 Å². The molecule has 35 nitrogen and oxygen atoms in total. The van der Waals surface area contributed by atoms with E-state index in [0.717, 1.165) is 14.7 Å². The molecule has 5 aliphatic rings. The quantitative estimate of drug-likeness (QED) is 0.0597. The van der Waals surface area contributed by atoms with E-state index in [9.17, 15) is 24.0 Å². The predicted octanol–water partition coefficient (Wildman–Crippen LogP) is 9.29. The number of carbonyl (C=O) groups is 5. The molecule has 35 heteroatoms. The van der Waals surface area contributed by atoms with E-state index in [2.05, 4.69) is 99.0 Å². The summed E-state index contributed by atoms with van der Waals surface area (Å²) < 4.78 is 265. The maximum absolute atomic E-state index is 12.6. The number of piperidine rings is 5. The number of hydrogen-bond acceptors (Lipinski definition) is 20. The highest BCUT2D eigenvalue weighted by atomic mass is 16.2. The first-order chi connectivity index (χ1) is 70.3. The van der Waals surface area contributed by atoms with E-state index >= 15 is 0 Å². The van der Waals surface area contributed by atoms with Gasteiger partial charge in [0, 0.05) is 144 Å². The Morgan fingerprint density at radius 3 is 0.933 bits per heavy atom. The smallest absolute Gasteiger partial charge is 0.302 e. The fourth-order valence-corrected chi connectivity index (χ4v) is 14.6. The number of nitrogens with one attached hydrogen (secondary N) is 5. The number of fused-ring (bicyclic) bond motifs is 5. The zero-order valence-electron chi connectivity index (χ0n) is 101. The number of aromatic nitrogens is 15. The molecule has 0 saturated carbocycles. The van der Waals surface area contributed by atoms with Gasteiger partial charge in [-0.3, -0.25) is 24.0 Å². The van der Waals surface area contributed by atoms with Crippen molar-refractivity contribution in [2.24, 2.45) is 29.5 Å². The molecule has 10 aromatic rings. The SMILES string of the molecule is [2H]c1nc(N(C)[C@@]2([2H])CN(C(=O)C([2H])([2H])[N+]#[C-])CC[C@H]2C([2H])([2H])[2H])c2c([2H])c(C)[nH]c2n1.[2H]c1nc(N(C)[C@@]2([2H])CN(C(=O)C([2H])([2H])[N+]#[C-])CC[C@H]2C)c2c([2H])c(C)[nH]c2n1.[2H]c1nc(N(C)[C@H]2CN(C(=O)C([2H])([2H])[N+]#[C-])CC[C@@]2([2H])C([2H])([2H])[2H])c2c([2H])c(C)[nH]c2n1.[2H]c1nc(N(C)[C@H]2CN(C(=O)C([2H])([2H])[N+]#[C-])CC[C@@]2([2H])C)c2c([2H])c(C)[nH]c2n1.[2H]c1nc(N(C)[C@H]2CN(C(=O)C([2H])([2H])[N+]#[C-])CC[C@H]2C([2H])([2H])[2H])c2c([2H])c(C)[nH]c2n1. The summed E-state index contributed by atoms with van der Waals surface area (Å²) in [5.74, 6) is -9.77. The molecular weight excluding hydrogens is 1520 g/mol. The molecule has 0 aliphatic carbocycles. The highest BCUT2D eigenvalue weighted by molar-refractivity contribution is 5.92. The van der Waals surface area contributed by atoms with Crippen molar-refractivity contribution in [3.63, 3.8) is 0 Å². The van der Waals surface area contributed by atoms with Gasteiger partial charge in [-0.05, 0) is 126 Å². The molecule has 15 rings (SSSR count). The molecule has 5 amide bonds. The Balaban J connectivity index is 0.000000181. The molecule has 5 saturated heterocycles. The number of aryl methyl sites for hydroxylation is 5. The Morgan fingerprint density at radius 2 is 0.625 bits per heavy atom. The fourth-order valence-electron chi connectivity index (χ4n) is 14.6. The minimum Gasteiger partial charge on any atom is -0.354 e. The fraction of sp³-hybridized carbons (Fsp3) is 0.529. The van der Waals surface area contributed by atoms with Gasteiger partial charge in [0.1, 0.15) is 109 Å². The van der Waals surface area contributed by atoms with Gasteiger partial charge < -0.3 is 98.1 Å². The minimum atomic E-state index is -2.84. The number of nitrogens with zero attached hydrogens (tertiary/aromatic N) is 25. The van der Waals surface area contributed by atoms with E-state index in [1.807, 2.05) is 6.92 Å². The van der Waals surface area contributed by atoms with Gasteiger partial charge >= 0.3 is 29.5 Å². The molecule has 0 radical (unpaired) electrons. The average Bonchev–Trinajstić information content (AvgIpc) is 1.72. The summed E-state index contributed by atoms with van der Waals surface area (Å²) in [6.45, 7) is 24.3. The standard InChI is InChI=1S/5C17H22N6O/c5*1-11-5-6-23(15(24)8-18-3)9-14(11)22(4)17-13-7-12(2)21-16(13)19-10-20-17/h5*7,10-11,14H,5-6,8-9H2,1-2,4H3,(H,19,20,21)/t5*11-,14+/m11111/s1/i1D3,7D,8D2,10D,14D;1D3,7D,8D2,10D,11D;7D,8D2,10D,14D;7D,8D2,10D,11D;1D3,7D,8D2,10D. The van der Waals surface area contributed by atoms with Gasteiger partial charge in [-0.25, -0.2) is 82.7 Å². The summed E-state index contributed by atoms with van der Waals surface area (Å²) in [7, 11) is 7.72. The van der Waals surface area contributed by atoms with Gasteiger partial charge in [-0.1, -0.05) is 34.4 Å². The van der Waals surface area contributed by atoms with Crippen LogP contribution < -0.4 is 24.5 Å². The molecular formula is C85H110N30O5. The van der Waals surface area contributed by atoms with Gasteiger partial charge in [-0.15, -0.1) is 0 Å². The third kappa shape index (κ3) is 20.2. The van der Waals surface area contributed by atoms with E-state index in [1.165, 1.54) is 43.5 Å². The molecule has 0 unspecified atom stereocenters. The third-order valence-electron chi connectivity index (χ3n) is 21.1. The van der Waals surface area contributed by atoms with Crippen molar-refractivity contribution in [2.75, 3.05) is 158 Å². The number of carbonyl (C=O) groups excluding carboxylic acids is 5. The van der Waals surface area contributed by atoms with Crippen LogP contribution in [0.15, 0.2) is 61.7 Å². The molecule has 0 spiro atoms. The summed E-state index contributed by atoms with van der Waals surface area (Å²) in [6.07, 6.45) is -1.21. The first kappa shape index (κ1) is 53.4. The first-order valence-electron chi connectivity index (χ1n) is 54.1. The molecule has 630 valence electrons. The number of likely N-dealkylation sites (tertiary alicyclic amines) is 5. The molecule has 0 aromatic carbocycles. The van der Waals surface area contributed by atoms with Crippen molar-refractivity contribution >= 4 is 114 Å². The number of rotatable bonds is 15. The zero-order valence-corrected chi connectivity index (χ0v) is 67.8. The first-order valence-corrected chi connectivity index (χ1v) is 37.6. The van der Waals surface area contributed by atoms with E-state index in [1.54, 1.807) is 67.6 Å². The Hall–Kier alpha value is -13.1. The van der Waals surface area contributed by atoms with Crippen molar-refractivity contribution in [3.05, 3.63) is 147 Å². The van der Waals surface area contributed by atoms with Crippen LogP contribution in [-0.2, 0) is 24.0 Å². The van der Waals surface area contributed by atoms with Gasteiger partial charge in [0.2, 0.25) is 0 Å². The van der Waals surface area contributed by atoms with Crippen LogP contribution in [0, 0.1) is 97.0 Å². The van der Waals surface area contributed by atoms with E-state index < -0.39 is 149 Å². The van der Waals surface area contributed by atoms with Crippen LogP contribution in [0.3, 0.4) is 0 Å². The molecule has 15 heterocycles. The van der Waals surface area contributed by atoms with Crippen molar-refractivity contribution < 1.29 is 69.2 Å². The summed E-state index contributed by atoms with van der Waals surface area (Å²) in [5, 5.41) is 1.60. The number of anilines is 5. The van der Waals surface area contributed by atoms with Crippen molar-refractivity contribution in [1.29, 1.82) is 0 Å². The molecule has 5 fully saturated rings. The Morgan fingerprint density at radius 1 is 0.375 bits per heavy atom. The average molecular weight is 1670 g/mol. The maximum Gasteiger partial charge on any atom is 0.302 e. The number of H-pyrrole nitrogens is 5. The number of amides is 5. The number of aromatic amines is 5. The lowest BCUT2D eigenvalue weighted by atomic mass is 9.92. The molecule has 10 atom stereocenters. The third-order valence-corrected chi connectivity index (χ3v) is 21.1. The number of likely N-dealkylation sites (N-methyl/N-ethyl adjacent to an activating group) is 5. The summed E-state index contributed by atoms with van der Waals surface area (Å²) in [6, 6.07) is -5.42. The van der Waals surface area contributed by atoms with Gasteiger partial charge in [0.05, 0.1) is 66.7 Å². The summed E-state index contributed by atoms with van der Waals surface area (Å²) in [4.78, 5) is 144. The second kappa shape index (κ2) is 39.4. The Bertz CT molecular complexity index is 7260. The van der Waals surface area contributed by atoms with Crippen LogP contribution in [0.4, 0.5) is 29.1 Å². The van der Waals surface area contributed by atoms with E-state index in [4.69, 9.17) is 78.1 Å². The monoisotopic (exact) mass is 1660 g/mol. The Labute approximate surface area is 746 Å². The van der Waals surface area contributed by atoms with E-state index in [-0.39, 0.29) is 197 Å². The Kier molecular flexibility index (Phi) is 17.5. The van der Waals surface area contributed by atoms with Crippen molar-refractivity contribution in [2.45, 2.75) is 131 Å². The highest BCUT2D eigenvalue weighted by Crippen LogP contribution is 2.36. The molecule has 5 aliphatic heterocycles. The minimum absolute atomic E-state index is 0.0110. The summed E-state index contributed by atoms with van der Waals surface area (Å²) in [5.41, 5.74) is 3.95. The van der Waals surface area contributed by atoms with Crippen LogP contribution in [0.5, 0.6) is 0 Å². The van der Waals surface area contributed by atoms with Gasteiger partial charge in [0.15, 0.2) is 0 Å². The summed E-state index contributed by atoms with van der Waals surface area (Å²) >= 11 is 0. The van der Waals surface area contributed by atoms with Crippen molar-refractivity contribution in [1.82, 2.24) is 99.3 Å². The molecule has 10 aromatic heterocycles. The number of hydrogen-bond donors (Lipinski definition) is 5. The normalized spacial score (nSPS) is 28.2. The van der Waals surface area contributed by atoms with Crippen LogP contribution in [0.1, 0.15) is 140 Å². The largest absolute Gasteiger partial charge is 0.354 e. The van der Waals surface area contributed by atoms with Crippen LogP contribution >= 0.6 is 0 Å². The highest BCUT2D eigenvalue weighted by Gasteiger charge is 2.39. The molecule has 5 N–H and O–H groups in total. The van der Waals surface area contributed by atoms with Crippen molar-refractivity contribution in [3.8, 4) is 0 Å². The lowest BCUT2D eigenvalue weighted by Gasteiger charge is -2.41. The molecule has 120 heavy (non-hydrogen) atoms. The van der Waals surface area contributed by atoms with E-state index in [0.29, 0.717) is 68.2 Å². The van der Waals surface area contributed by atoms with Crippen LogP contribution in [0.2, 0.25) is 0 Å². The van der Waals surface area contributed by atoms with Gasteiger partial charge in [-0.2, -0.15) is 0 Å². The maximum atomic E-state index is 12.6. The molecule has 0 bridgehead atoms.